The maximum Gasteiger partial charge on any atom is 0.295 e. The smallest absolute Gasteiger partial charge is 0.295 e. The Hall–Kier alpha value is -3.28. The van der Waals surface area contributed by atoms with Gasteiger partial charge in [-0.15, -0.1) is 0 Å². The molecule has 0 aromatic heterocycles. The molecule has 2 N–H and O–H groups in total. The van der Waals surface area contributed by atoms with Crippen LogP contribution in [0.1, 0.15) is 54.5 Å². The van der Waals surface area contributed by atoms with E-state index in [0.717, 1.165) is 30.4 Å². The Morgan fingerprint density at radius 3 is 2.48 bits per heavy atom. The third-order valence-electron chi connectivity index (χ3n) is 5.73. The fourth-order valence-electron chi connectivity index (χ4n) is 4.09. The third-order valence-corrected chi connectivity index (χ3v) is 5.73. The first-order chi connectivity index (χ1) is 14.8. The van der Waals surface area contributed by atoms with Gasteiger partial charge in [-0.2, -0.15) is 0 Å². The van der Waals surface area contributed by atoms with E-state index in [1.54, 1.807) is 31.4 Å². The van der Waals surface area contributed by atoms with Gasteiger partial charge in [0.05, 0.1) is 18.7 Å². The second-order valence-electron chi connectivity index (χ2n) is 7.93. The van der Waals surface area contributed by atoms with Crippen LogP contribution in [0.2, 0.25) is 0 Å². The lowest BCUT2D eigenvalue weighted by Crippen LogP contribution is -2.30. The quantitative estimate of drug-likeness (QED) is 0.293. The molecule has 0 spiro atoms. The summed E-state index contributed by atoms with van der Waals surface area (Å²) in [4.78, 5) is 27.5. The Morgan fingerprint density at radius 1 is 1.10 bits per heavy atom. The standard InChI is InChI=1S/C25H29NO5/c1-5-6-7-11-26-22(17-9-8-10-18(27)14-17)21(24(29)25(26)30)23(28)19-12-16(3)20(31-4)13-15(19)2/h8-10,12-14,22,27-28H,5-7,11H2,1-4H3/b23-21+. The van der Waals surface area contributed by atoms with Gasteiger partial charge in [-0.3, -0.25) is 9.59 Å². The van der Waals surface area contributed by atoms with Crippen LogP contribution in [0.4, 0.5) is 0 Å². The molecule has 2 aromatic carbocycles. The highest BCUT2D eigenvalue weighted by Crippen LogP contribution is 2.41. The van der Waals surface area contributed by atoms with Gasteiger partial charge in [-0.25, -0.2) is 0 Å². The molecule has 1 unspecified atom stereocenters. The van der Waals surface area contributed by atoms with Crippen molar-refractivity contribution in [2.24, 2.45) is 0 Å². The molecular weight excluding hydrogens is 394 g/mol. The molecule has 0 saturated carbocycles. The Kier molecular flexibility index (Phi) is 6.68. The van der Waals surface area contributed by atoms with E-state index in [1.807, 2.05) is 13.8 Å². The number of rotatable bonds is 7. The van der Waals surface area contributed by atoms with Crippen LogP contribution < -0.4 is 4.74 Å². The van der Waals surface area contributed by atoms with Crippen molar-refractivity contribution in [2.75, 3.05) is 13.7 Å². The number of hydrogen-bond acceptors (Lipinski definition) is 5. The normalized spacial score (nSPS) is 17.9. The van der Waals surface area contributed by atoms with Crippen molar-refractivity contribution < 1.29 is 24.5 Å². The summed E-state index contributed by atoms with van der Waals surface area (Å²) in [5.41, 5.74) is 2.64. The predicted molar refractivity (Wildman–Crippen MR) is 119 cm³/mol. The number of methoxy groups -OCH3 is 1. The lowest BCUT2D eigenvalue weighted by atomic mass is 9.93. The number of aliphatic hydroxyl groups excluding tert-OH is 1. The average molecular weight is 424 g/mol. The SMILES string of the molecule is CCCCCN1C(=O)C(=O)/C(=C(/O)c2cc(C)c(OC)cc2C)C1c1cccc(O)c1. The van der Waals surface area contributed by atoms with Gasteiger partial charge in [-0.1, -0.05) is 31.9 Å². The highest BCUT2D eigenvalue weighted by atomic mass is 16.5. The van der Waals surface area contributed by atoms with Gasteiger partial charge in [-0.05, 0) is 61.2 Å². The summed E-state index contributed by atoms with van der Waals surface area (Å²) in [6.45, 7) is 6.13. The summed E-state index contributed by atoms with van der Waals surface area (Å²) in [6.07, 6.45) is 2.65. The number of likely N-dealkylation sites (tertiary alicyclic amines) is 1. The van der Waals surface area contributed by atoms with Crippen LogP contribution in [0.3, 0.4) is 0 Å². The number of carbonyl (C=O) groups is 2. The van der Waals surface area contributed by atoms with Crippen LogP contribution in [0.25, 0.3) is 5.76 Å². The molecule has 0 radical (unpaired) electrons. The van der Waals surface area contributed by atoms with Gasteiger partial charge in [0.15, 0.2) is 0 Å². The molecule has 6 heteroatoms. The minimum absolute atomic E-state index is 0.0353. The first-order valence-electron chi connectivity index (χ1n) is 10.5. The number of ketones is 1. The molecule has 1 amide bonds. The zero-order valence-corrected chi connectivity index (χ0v) is 18.4. The number of amides is 1. The van der Waals surface area contributed by atoms with Gasteiger partial charge in [0.25, 0.3) is 11.7 Å². The van der Waals surface area contributed by atoms with Gasteiger partial charge < -0.3 is 19.8 Å². The van der Waals surface area contributed by atoms with E-state index in [9.17, 15) is 19.8 Å². The zero-order chi connectivity index (χ0) is 22.7. The van der Waals surface area contributed by atoms with Gasteiger partial charge in [0.2, 0.25) is 0 Å². The maximum atomic E-state index is 13.1. The number of aromatic hydroxyl groups is 1. The fraction of sp³-hybridized carbons (Fsp3) is 0.360. The monoisotopic (exact) mass is 423 g/mol. The van der Waals surface area contributed by atoms with E-state index in [2.05, 4.69) is 6.92 Å². The van der Waals surface area contributed by atoms with Gasteiger partial charge in [0.1, 0.15) is 17.3 Å². The number of unbranched alkanes of at least 4 members (excludes halogenated alkanes) is 2. The van der Waals surface area contributed by atoms with Crippen LogP contribution in [-0.4, -0.2) is 40.5 Å². The molecule has 1 aliphatic rings. The van der Waals surface area contributed by atoms with Crippen LogP contribution in [-0.2, 0) is 9.59 Å². The molecule has 1 fully saturated rings. The van der Waals surface area contributed by atoms with Crippen LogP contribution in [0.5, 0.6) is 11.5 Å². The number of phenols is 1. The number of ether oxygens (including phenoxy) is 1. The highest BCUT2D eigenvalue weighted by molar-refractivity contribution is 6.46. The molecule has 1 aliphatic heterocycles. The van der Waals surface area contributed by atoms with Gasteiger partial charge in [0, 0.05) is 12.1 Å². The summed E-state index contributed by atoms with van der Waals surface area (Å²) in [6, 6.07) is 9.28. The number of nitrogens with zero attached hydrogens (tertiary/aromatic N) is 1. The molecule has 164 valence electrons. The number of benzene rings is 2. The van der Waals surface area contributed by atoms with E-state index >= 15 is 0 Å². The molecule has 1 saturated heterocycles. The zero-order valence-electron chi connectivity index (χ0n) is 18.4. The van der Waals surface area contributed by atoms with Crippen molar-refractivity contribution in [2.45, 2.75) is 46.1 Å². The molecule has 2 aromatic rings. The summed E-state index contributed by atoms with van der Waals surface area (Å²) in [5, 5.41) is 21.2. The molecule has 6 nitrogen and oxygen atoms in total. The summed E-state index contributed by atoms with van der Waals surface area (Å²) < 4.78 is 5.35. The Morgan fingerprint density at radius 2 is 1.84 bits per heavy atom. The van der Waals surface area contributed by atoms with E-state index < -0.39 is 17.7 Å². The highest BCUT2D eigenvalue weighted by Gasteiger charge is 2.46. The van der Waals surface area contributed by atoms with Crippen molar-refractivity contribution >= 4 is 17.4 Å². The van der Waals surface area contributed by atoms with E-state index in [-0.39, 0.29) is 17.1 Å². The summed E-state index contributed by atoms with van der Waals surface area (Å²) in [5.74, 6) is -0.844. The largest absolute Gasteiger partial charge is 0.508 e. The number of aliphatic hydroxyl groups is 1. The van der Waals surface area contributed by atoms with Crippen molar-refractivity contribution in [3.8, 4) is 11.5 Å². The predicted octanol–water partition coefficient (Wildman–Crippen LogP) is 4.63. The maximum absolute atomic E-state index is 13.1. The Labute approximate surface area is 182 Å². The lowest BCUT2D eigenvalue weighted by Gasteiger charge is -2.25. The molecule has 0 bridgehead atoms. The number of hydrogen-bond donors (Lipinski definition) is 2. The average Bonchev–Trinajstić information content (AvgIpc) is 2.99. The molecule has 1 atom stereocenters. The molecule has 3 rings (SSSR count). The first-order valence-corrected chi connectivity index (χ1v) is 10.5. The Bertz CT molecular complexity index is 1040. The first kappa shape index (κ1) is 22.4. The third kappa shape index (κ3) is 4.29. The van der Waals surface area contributed by atoms with Crippen molar-refractivity contribution in [1.29, 1.82) is 0 Å². The number of aryl methyl sites for hydroxylation is 2. The second-order valence-corrected chi connectivity index (χ2v) is 7.93. The van der Waals surface area contributed by atoms with Crippen LogP contribution in [0, 0.1) is 13.8 Å². The Balaban J connectivity index is 2.18. The molecule has 31 heavy (non-hydrogen) atoms. The number of phenolic OH excluding ortho intramolecular Hbond substituents is 1. The van der Waals surface area contributed by atoms with Crippen molar-refractivity contribution in [1.82, 2.24) is 4.90 Å². The molecule has 0 aliphatic carbocycles. The van der Waals surface area contributed by atoms with Crippen molar-refractivity contribution in [3.05, 3.63) is 64.2 Å². The second kappa shape index (κ2) is 9.25. The van der Waals surface area contributed by atoms with E-state index in [1.165, 1.54) is 17.0 Å². The topological polar surface area (TPSA) is 87.1 Å². The molecule has 1 heterocycles. The fourth-order valence-corrected chi connectivity index (χ4v) is 4.09. The van der Waals surface area contributed by atoms with E-state index in [0.29, 0.717) is 23.4 Å². The minimum atomic E-state index is -0.759. The molecular formula is C25H29NO5. The van der Waals surface area contributed by atoms with Crippen LogP contribution in [0.15, 0.2) is 42.0 Å². The summed E-state index contributed by atoms with van der Waals surface area (Å²) in [7, 11) is 1.57. The van der Waals surface area contributed by atoms with Gasteiger partial charge >= 0.3 is 0 Å². The summed E-state index contributed by atoms with van der Waals surface area (Å²) >= 11 is 0. The minimum Gasteiger partial charge on any atom is -0.508 e. The lowest BCUT2D eigenvalue weighted by molar-refractivity contribution is -0.139. The van der Waals surface area contributed by atoms with Crippen molar-refractivity contribution in [3.63, 3.8) is 0 Å². The van der Waals surface area contributed by atoms with E-state index in [4.69, 9.17) is 4.74 Å². The van der Waals surface area contributed by atoms with Crippen LogP contribution >= 0.6 is 0 Å². The number of carbonyl (C=O) groups excluding carboxylic acids is 2. The number of Topliss-reactive ketones (excluding diaryl/α,β-unsaturated/α-hetero) is 1.